The van der Waals surface area contributed by atoms with E-state index >= 15 is 0 Å². The minimum absolute atomic E-state index is 0.0825. The standard InChI is InChI=1S/C34H33Cl4N3O4S/c1-23(2)20-39-34(43)32(18-24-8-4-3-5-9-24)40(21-29-30(37)12-7-13-31(29)38)33(42)22-41(27-11-6-10-26(36)19-27)46(44,45)28-16-14-25(35)15-17-28/h3-17,19,23,32H,18,20-22H2,1-2H3,(H,39,43)/t32-/m1/s1. The molecule has 0 aliphatic heterocycles. The second kappa shape index (κ2) is 16.0. The van der Waals surface area contributed by atoms with Crippen LogP contribution in [0.25, 0.3) is 0 Å². The Labute approximate surface area is 290 Å². The van der Waals surface area contributed by atoms with Gasteiger partial charge in [-0.25, -0.2) is 8.42 Å². The third kappa shape index (κ3) is 9.17. The Kier molecular flexibility index (Phi) is 12.4. The fourth-order valence-corrected chi connectivity index (χ4v) is 6.96. The van der Waals surface area contributed by atoms with Crippen LogP contribution in [0.5, 0.6) is 0 Å². The Balaban J connectivity index is 1.83. The van der Waals surface area contributed by atoms with Crippen molar-refractivity contribution in [2.75, 3.05) is 17.4 Å². The predicted molar refractivity (Wildman–Crippen MR) is 186 cm³/mol. The van der Waals surface area contributed by atoms with Crippen molar-refractivity contribution < 1.29 is 18.0 Å². The highest BCUT2D eigenvalue weighted by Gasteiger charge is 2.35. The average Bonchev–Trinajstić information content (AvgIpc) is 3.02. The molecule has 0 aromatic heterocycles. The largest absolute Gasteiger partial charge is 0.354 e. The van der Waals surface area contributed by atoms with Crippen LogP contribution in [0.4, 0.5) is 5.69 Å². The zero-order valence-electron chi connectivity index (χ0n) is 25.2. The first-order valence-electron chi connectivity index (χ1n) is 14.4. The Hall–Kier alpha value is -3.27. The van der Waals surface area contributed by atoms with Crippen molar-refractivity contribution in [2.45, 2.75) is 37.8 Å². The van der Waals surface area contributed by atoms with Gasteiger partial charge >= 0.3 is 0 Å². The third-order valence-electron chi connectivity index (χ3n) is 7.12. The number of hydrogen-bond donors (Lipinski definition) is 1. The lowest BCUT2D eigenvalue weighted by molar-refractivity contribution is -0.140. The highest BCUT2D eigenvalue weighted by Crippen LogP contribution is 2.30. The van der Waals surface area contributed by atoms with Crippen LogP contribution in [0.3, 0.4) is 0 Å². The molecular weight excluding hydrogens is 688 g/mol. The van der Waals surface area contributed by atoms with Gasteiger partial charge in [-0.1, -0.05) is 103 Å². The topological polar surface area (TPSA) is 86.8 Å². The van der Waals surface area contributed by atoms with Crippen molar-refractivity contribution in [1.82, 2.24) is 10.2 Å². The predicted octanol–water partition coefficient (Wildman–Crippen LogP) is 7.91. The van der Waals surface area contributed by atoms with Gasteiger partial charge in [0.1, 0.15) is 12.6 Å². The quantitative estimate of drug-likeness (QED) is 0.152. The molecule has 0 bridgehead atoms. The van der Waals surface area contributed by atoms with Crippen molar-refractivity contribution in [1.29, 1.82) is 0 Å². The Bertz CT molecular complexity index is 1750. The lowest BCUT2D eigenvalue weighted by Gasteiger charge is -2.34. The summed E-state index contributed by atoms with van der Waals surface area (Å²) in [5, 5.41) is 4.17. The van der Waals surface area contributed by atoms with Crippen molar-refractivity contribution in [3.8, 4) is 0 Å². The number of nitrogens with one attached hydrogen (secondary N) is 1. The number of nitrogens with zero attached hydrogens (tertiary/aromatic N) is 2. The summed E-state index contributed by atoms with van der Waals surface area (Å²) in [7, 11) is -4.32. The van der Waals surface area contributed by atoms with Gasteiger partial charge in [0.15, 0.2) is 0 Å². The number of halogens is 4. The first-order valence-corrected chi connectivity index (χ1v) is 17.4. The molecule has 4 aromatic rings. The normalized spacial score (nSPS) is 12.1. The molecule has 1 N–H and O–H groups in total. The molecule has 12 heteroatoms. The second-order valence-electron chi connectivity index (χ2n) is 11.0. The minimum Gasteiger partial charge on any atom is -0.354 e. The average molecular weight is 722 g/mol. The molecule has 242 valence electrons. The van der Waals surface area contributed by atoms with Crippen LogP contribution in [0, 0.1) is 5.92 Å². The highest BCUT2D eigenvalue weighted by molar-refractivity contribution is 7.92. The fraction of sp³-hybridized carbons (Fsp3) is 0.235. The van der Waals surface area contributed by atoms with E-state index in [-0.39, 0.29) is 34.5 Å². The third-order valence-corrected chi connectivity index (χ3v) is 10.1. The van der Waals surface area contributed by atoms with Gasteiger partial charge in [0.05, 0.1) is 10.6 Å². The molecule has 46 heavy (non-hydrogen) atoms. The molecule has 0 heterocycles. The molecular formula is C34H33Cl4N3O4S. The molecule has 2 amide bonds. The van der Waals surface area contributed by atoms with Gasteiger partial charge in [0.25, 0.3) is 10.0 Å². The molecule has 0 saturated carbocycles. The number of hydrogen-bond acceptors (Lipinski definition) is 4. The molecule has 0 unspecified atom stereocenters. The van der Waals surface area contributed by atoms with Crippen molar-refractivity contribution in [2.24, 2.45) is 5.92 Å². The Morgan fingerprint density at radius 1 is 0.783 bits per heavy atom. The van der Waals surface area contributed by atoms with E-state index in [0.29, 0.717) is 27.2 Å². The number of sulfonamides is 1. The van der Waals surface area contributed by atoms with Gasteiger partial charge < -0.3 is 10.2 Å². The minimum atomic E-state index is -4.32. The van der Waals surface area contributed by atoms with Crippen molar-refractivity contribution in [3.05, 3.63) is 128 Å². The SMILES string of the molecule is CC(C)CNC(=O)[C@@H](Cc1ccccc1)N(Cc1c(Cl)cccc1Cl)C(=O)CN(c1cccc(Cl)c1)S(=O)(=O)c1ccc(Cl)cc1. The molecule has 7 nitrogen and oxygen atoms in total. The number of carbonyl (C=O) groups excluding carboxylic acids is 2. The van der Waals surface area contributed by atoms with E-state index in [0.717, 1.165) is 9.87 Å². The van der Waals surface area contributed by atoms with Gasteiger partial charge in [-0.2, -0.15) is 0 Å². The Morgan fingerprint density at radius 3 is 2.02 bits per heavy atom. The first-order chi connectivity index (χ1) is 21.9. The van der Waals surface area contributed by atoms with Gasteiger partial charge in [0, 0.05) is 45.2 Å². The molecule has 0 aliphatic carbocycles. The number of rotatable bonds is 13. The highest BCUT2D eigenvalue weighted by atomic mass is 35.5. The summed E-state index contributed by atoms with van der Waals surface area (Å²) in [4.78, 5) is 29.7. The fourth-order valence-electron chi connectivity index (χ4n) is 4.72. The van der Waals surface area contributed by atoms with E-state index < -0.39 is 34.4 Å². The van der Waals surface area contributed by atoms with Crippen LogP contribution in [0.15, 0.2) is 102 Å². The van der Waals surface area contributed by atoms with Gasteiger partial charge in [-0.3, -0.25) is 13.9 Å². The maximum Gasteiger partial charge on any atom is 0.264 e. The van der Waals surface area contributed by atoms with E-state index in [1.807, 2.05) is 44.2 Å². The summed E-state index contributed by atoms with van der Waals surface area (Å²) >= 11 is 25.4. The molecule has 0 fully saturated rings. The van der Waals surface area contributed by atoms with Crippen molar-refractivity contribution in [3.63, 3.8) is 0 Å². The molecule has 1 atom stereocenters. The maximum atomic E-state index is 14.5. The summed E-state index contributed by atoms with van der Waals surface area (Å²) in [6, 6.07) is 25.0. The zero-order valence-corrected chi connectivity index (χ0v) is 29.0. The molecule has 0 spiro atoms. The van der Waals surface area contributed by atoms with E-state index in [2.05, 4.69) is 5.32 Å². The second-order valence-corrected chi connectivity index (χ2v) is 14.6. The van der Waals surface area contributed by atoms with Crippen LogP contribution < -0.4 is 9.62 Å². The molecule has 0 aliphatic rings. The van der Waals surface area contributed by atoms with Crippen LogP contribution in [0.1, 0.15) is 25.0 Å². The van der Waals surface area contributed by atoms with Crippen molar-refractivity contribution >= 4 is 73.9 Å². The van der Waals surface area contributed by atoms with Gasteiger partial charge in [0.2, 0.25) is 11.8 Å². The smallest absolute Gasteiger partial charge is 0.264 e. The van der Waals surface area contributed by atoms with E-state index in [1.165, 1.54) is 35.2 Å². The van der Waals surface area contributed by atoms with E-state index in [1.54, 1.807) is 36.4 Å². The Morgan fingerprint density at radius 2 is 1.41 bits per heavy atom. The number of anilines is 1. The number of amides is 2. The zero-order chi connectivity index (χ0) is 33.4. The summed E-state index contributed by atoms with van der Waals surface area (Å²) in [5.74, 6) is -0.913. The number of benzene rings is 4. The monoisotopic (exact) mass is 719 g/mol. The number of carbonyl (C=O) groups is 2. The van der Waals surface area contributed by atoms with Crippen LogP contribution in [-0.4, -0.2) is 44.3 Å². The lowest BCUT2D eigenvalue weighted by atomic mass is 10.0. The maximum absolute atomic E-state index is 14.5. The van der Waals surface area contributed by atoms with E-state index in [9.17, 15) is 18.0 Å². The van der Waals surface area contributed by atoms with Crippen LogP contribution in [0.2, 0.25) is 20.1 Å². The lowest BCUT2D eigenvalue weighted by Crippen LogP contribution is -2.53. The molecule has 4 aromatic carbocycles. The first kappa shape index (κ1) is 35.6. The summed E-state index contributed by atoms with van der Waals surface area (Å²) in [5.41, 5.74) is 1.38. The van der Waals surface area contributed by atoms with Crippen LogP contribution >= 0.6 is 46.4 Å². The molecule has 0 radical (unpaired) electrons. The van der Waals surface area contributed by atoms with Gasteiger partial charge in [-0.15, -0.1) is 0 Å². The summed E-state index contributed by atoms with van der Waals surface area (Å²) in [6.45, 7) is 3.48. The van der Waals surface area contributed by atoms with E-state index in [4.69, 9.17) is 46.4 Å². The summed E-state index contributed by atoms with van der Waals surface area (Å²) in [6.07, 6.45) is 0.152. The summed E-state index contributed by atoms with van der Waals surface area (Å²) < 4.78 is 29.2. The molecule has 0 saturated heterocycles. The van der Waals surface area contributed by atoms with Gasteiger partial charge in [-0.05, 0) is 66.1 Å². The van der Waals surface area contributed by atoms with Crippen LogP contribution in [-0.2, 0) is 32.6 Å². The molecule has 4 rings (SSSR count).